The third kappa shape index (κ3) is 4.48. The molecular formula is C26H32N4. The molecule has 156 valence electrons. The first-order valence-electron chi connectivity index (χ1n) is 11.3. The molecule has 0 aliphatic rings. The van der Waals surface area contributed by atoms with E-state index in [1.165, 1.54) is 44.1 Å². The van der Waals surface area contributed by atoms with E-state index in [9.17, 15) is 0 Å². The summed E-state index contributed by atoms with van der Waals surface area (Å²) in [6, 6.07) is 18.8. The van der Waals surface area contributed by atoms with Gasteiger partial charge in [0.05, 0.1) is 11.0 Å². The van der Waals surface area contributed by atoms with Crippen LogP contribution in [-0.2, 0) is 13.0 Å². The summed E-state index contributed by atoms with van der Waals surface area (Å²) in [6.45, 7) is 3.07. The fraction of sp³-hybridized carbons (Fsp3) is 0.385. The number of fused-ring (bicyclic) bond motifs is 3. The average molecular weight is 401 g/mol. The predicted octanol–water partition coefficient (Wildman–Crippen LogP) is 6.51. The molecule has 4 nitrogen and oxygen atoms in total. The van der Waals surface area contributed by atoms with E-state index in [0.717, 1.165) is 47.1 Å². The Bertz CT molecular complexity index is 1100. The van der Waals surface area contributed by atoms with Gasteiger partial charge in [-0.25, -0.2) is 9.97 Å². The Balaban J connectivity index is 1.65. The molecule has 0 atom stereocenters. The Kier molecular flexibility index (Phi) is 6.63. The molecule has 0 radical (unpaired) electrons. The average Bonchev–Trinajstić information content (AvgIpc) is 3.13. The highest BCUT2D eigenvalue weighted by Gasteiger charge is 2.17. The normalized spacial score (nSPS) is 11.5. The number of hydrogen-bond donors (Lipinski definition) is 1. The zero-order chi connectivity index (χ0) is 20.8. The summed E-state index contributed by atoms with van der Waals surface area (Å²) < 4.78 is 2.36. The highest BCUT2D eigenvalue weighted by Crippen LogP contribution is 2.30. The molecule has 2 aromatic carbocycles. The first-order chi connectivity index (χ1) is 14.8. The van der Waals surface area contributed by atoms with Gasteiger partial charge in [0, 0.05) is 18.4 Å². The highest BCUT2D eigenvalue weighted by atomic mass is 15.1. The number of aryl methyl sites for hydroxylation is 1. The summed E-state index contributed by atoms with van der Waals surface area (Å²) in [7, 11) is 0. The van der Waals surface area contributed by atoms with Crippen molar-refractivity contribution in [2.75, 3.05) is 5.73 Å². The molecule has 0 unspecified atom stereocenters. The summed E-state index contributed by atoms with van der Waals surface area (Å²) in [5.41, 5.74) is 10.5. The Labute approximate surface area is 179 Å². The monoisotopic (exact) mass is 400 g/mol. The van der Waals surface area contributed by atoms with Gasteiger partial charge in [-0.05, 0) is 18.1 Å². The molecule has 0 aliphatic heterocycles. The summed E-state index contributed by atoms with van der Waals surface area (Å²) in [6.07, 6.45) is 10.1. The van der Waals surface area contributed by atoms with Crippen molar-refractivity contribution in [1.82, 2.24) is 14.5 Å². The van der Waals surface area contributed by atoms with Gasteiger partial charge in [-0.3, -0.25) is 0 Å². The van der Waals surface area contributed by atoms with Crippen LogP contribution in [0.2, 0.25) is 0 Å². The molecule has 0 bridgehead atoms. The van der Waals surface area contributed by atoms with Gasteiger partial charge in [-0.15, -0.1) is 0 Å². The van der Waals surface area contributed by atoms with Crippen LogP contribution in [0.15, 0.2) is 54.6 Å². The van der Waals surface area contributed by atoms with Gasteiger partial charge < -0.3 is 10.3 Å². The smallest absolute Gasteiger partial charge is 0.152 e. The van der Waals surface area contributed by atoms with E-state index in [4.69, 9.17) is 10.7 Å². The second-order valence-electron chi connectivity index (χ2n) is 8.18. The van der Waals surface area contributed by atoms with Gasteiger partial charge in [0.1, 0.15) is 11.3 Å². The molecule has 0 spiro atoms. The Morgan fingerprint density at radius 2 is 1.50 bits per heavy atom. The maximum atomic E-state index is 6.33. The fourth-order valence-corrected chi connectivity index (χ4v) is 4.27. The lowest BCUT2D eigenvalue weighted by Crippen LogP contribution is -2.06. The van der Waals surface area contributed by atoms with E-state index in [1.54, 1.807) is 0 Å². The number of aromatic nitrogens is 3. The van der Waals surface area contributed by atoms with Crippen molar-refractivity contribution in [3.05, 3.63) is 66.0 Å². The largest absolute Gasteiger partial charge is 0.382 e. The van der Waals surface area contributed by atoms with E-state index in [1.807, 2.05) is 12.1 Å². The quantitative estimate of drug-likeness (QED) is 0.309. The van der Waals surface area contributed by atoms with Gasteiger partial charge in [-0.2, -0.15) is 0 Å². The van der Waals surface area contributed by atoms with Gasteiger partial charge in [0.2, 0.25) is 0 Å². The Hall–Kier alpha value is -2.88. The van der Waals surface area contributed by atoms with Crippen molar-refractivity contribution in [1.29, 1.82) is 0 Å². The molecule has 0 amide bonds. The van der Waals surface area contributed by atoms with Crippen molar-refractivity contribution >= 4 is 27.8 Å². The van der Waals surface area contributed by atoms with Gasteiger partial charge in [0.25, 0.3) is 0 Å². The Morgan fingerprint density at radius 3 is 2.30 bits per heavy atom. The minimum atomic E-state index is 0.524. The van der Waals surface area contributed by atoms with E-state index >= 15 is 0 Å². The van der Waals surface area contributed by atoms with Gasteiger partial charge in [0.15, 0.2) is 5.82 Å². The van der Waals surface area contributed by atoms with Crippen LogP contribution in [0, 0.1) is 0 Å². The number of para-hydroxylation sites is 1. The first-order valence-corrected chi connectivity index (χ1v) is 11.3. The molecule has 0 fully saturated rings. The van der Waals surface area contributed by atoms with Crippen LogP contribution in [0.1, 0.15) is 63.3 Å². The number of pyridine rings is 1. The number of anilines is 1. The molecule has 30 heavy (non-hydrogen) atoms. The number of nitrogen functional groups attached to an aromatic ring is 1. The van der Waals surface area contributed by atoms with E-state index in [-0.39, 0.29) is 0 Å². The van der Waals surface area contributed by atoms with Crippen LogP contribution < -0.4 is 5.73 Å². The summed E-state index contributed by atoms with van der Waals surface area (Å²) in [5, 5.41) is 1.12. The molecule has 0 aliphatic carbocycles. The minimum absolute atomic E-state index is 0.524. The molecule has 0 saturated heterocycles. The minimum Gasteiger partial charge on any atom is -0.382 e. The van der Waals surface area contributed by atoms with Crippen LogP contribution in [0.25, 0.3) is 21.9 Å². The van der Waals surface area contributed by atoms with Crippen molar-refractivity contribution in [2.45, 2.75) is 64.8 Å². The van der Waals surface area contributed by atoms with Crippen LogP contribution in [0.4, 0.5) is 5.82 Å². The fourth-order valence-electron chi connectivity index (χ4n) is 4.27. The summed E-state index contributed by atoms with van der Waals surface area (Å²) in [4.78, 5) is 9.59. The summed E-state index contributed by atoms with van der Waals surface area (Å²) in [5.74, 6) is 1.64. The number of hydrogen-bond acceptors (Lipinski definition) is 3. The van der Waals surface area contributed by atoms with Crippen LogP contribution in [0.5, 0.6) is 0 Å². The first kappa shape index (κ1) is 20.4. The van der Waals surface area contributed by atoms with E-state index in [0.29, 0.717) is 5.82 Å². The van der Waals surface area contributed by atoms with Crippen molar-refractivity contribution in [3.8, 4) is 0 Å². The molecule has 0 saturated carbocycles. The standard InChI is InChI=1S/C26H32N4/c1-2-3-4-5-6-7-11-18-23-29-24-25(30(23)19-20-14-9-8-10-15-20)21-16-12-13-17-22(21)28-26(24)27/h8-10,12-17H,2-7,11,18-19H2,1H3,(H2,27,28). The van der Waals surface area contributed by atoms with Gasteiger partial charge >= 0.3 is 0 Å². The molecule has 4 heteroatoms. The highest BCUT2D eigenvalue weighted by molar-refractivity contribution is 6.06. The third-order valence-corrected chi connectivity index (χ3v) is 5.88. The lowest BCUT2D eigenvalue weighted by Gasteiger charge is -2.11. The molecular weight excluding hydrogens is 368 g/mol. The van der Waals surface area contributed by atoms with Crippen molar-refractivity contribution in [3.63, 3.8) is 0 Å². The van der Waals surface area contributed by atoms with Crippen LogP contribution in [-0.4, -0.2) is 14.5 Å². The van der Waals surface area contributed by atoms with Gasteiger partial charge in [-0.1, -0.05) is 94.0 Å². The third-order valence-electron chi connectivity index (χ3n) is 5.88. The summed E-state index contributed by atoms with van der Waals surface area (Å²) >= 11 is 0. The van der Waals surface area contributed by atoms with E-state index < -0.39 is 0 Å². The number of nitrogens with zero attached hydrogens (tertiary/aromatic N) is 3. The lowest BCUT2D eigenvalue weighted by molar-refractivity contribution is 0.579. The second kappa shape index (κ2) is 9.75. The maximum absolute atomic E-state index is 6.33. The molecule has 2 N–H and O–H groups in total. The maximum Gasteiger partial charge on any atom is 0.152 e. The van der Waals surface area contributed by atoms with E-state index in [2.05, 4.69) is 58.9 Å². The number of rotatable bonds is 10. The van der Waals surface area contributed by atoms with Crippen molar-refractivity contribution in [2.24, 2.45) is 0 Å². The zero-order valence-electron chi connectivity index (χ0n) is 18.0. The number of nitrogens with two attached hydrogens (primary N) is 1. The number of unbranched alkanes of at least 4 members (excludes halogenated alkanes) is 6. The van der Waals surface area contributed by atoms with Crippen LogP contribution >= 0.6 is 0 Å². The molecule has 4 rings (SSSR count). The lowest BCUT2D eigenvalue weighted by atomic mass is 10.1. The zero-order valence-corrected chi connectivity index (χ0v) is 18.0. The van der Waals surface area contributed by atoms with Crippen molar-refractivity contribution < 1.29 is 0 Å². The second-order valence-corrected chi connectivity index (χ2v) is 8.18. The number of benzene rings is 2. The van der Waals surface area contributed by atoms with Crippen LogP contribution in [0.3, 0.4) is 0 Å². The Morgan fingerprint density at radius 1 is 0.800 bits per heavy atom. The SMILES string of the molecule is CCCCCCCCCc1nc2c(N)nc3ccccc3c2n1Cc1ccccc1. The topological polar surface area (TPSA) is 56.7 Å². The predicted molar refractivity (Wildman–Crippen MR) is 127 cm³/mol. The number of imidazole rings is 1. The molecule has 2 aromatic heterocycles. The molecule has 4 aromatic rings. The molecule has 2 heterocycles.